The Labute approximate surface area is 214 Å². The monoisotopic (exact) mass is 502 g/mol. The lowest BCUT2D eigenvalue weighted by molar-refractivity contribution is -0.142. The van der Waals surface area contributed by atoms with E-state index in [2.05, 4.69) is 25.3 Å². The van der Waals surface area contributed by atoms with Crippen molar-refractivity contribution in [3.8, 4) is 0 Å². The molecule has 10 heteroatoms. The molecule has 10 nitrogen and oxygen atoms in total. The van der Waals surface area contributed by atoms with E-state index in [0.29, 0.717) is 36.5 Å². The first-order valence-electron chi connectivity index (χ1n) is 11.8. The molecule has 2 aromatic heterocycles. The highest BCUT2D eigenvalue weighted by molar-refractivity contribution is 6.05. The average molecular weight is 503 g/mol. The number of carbonyl (C=O) groups excluding carboxylic acids is 3. The molecule has 0 fully saturated rings. The molecule has 4 rings (SSSR count). The molecule has 4 N–H and O–H groups in total. The first kappa shape index (κ1) is 26.9. The minimum atomic E-state index is -0.459. The number of nitrogens with one attached hydrogen (secondary N) is 2. The maximum absolute atomic E-state index is 12.5. The van der Waals surface area contributed by atoms with E-state index in [1.165, 1.54) is 0 Å². The van der Waals surface area contributed by atoms with Crippen LogP contribution in [0.2, 0.25) is 0 Å². The molecule has 37 heavy (non-hydrogen) atoms. The summed E-state index contributed by atoms with van der Waals surface area (Å²) in [6, 6.07) is 17.7. The van der Waals surface area contributed by atoms with Gasteiger partial charge in [0.05, 0.1) is 24.2 Å². The fourth-order valence-corrected chi connectivity index (χ4v) is 3.37. The molecule has 0 aliphatic rings. The smallest absolute Gasteiger partial charge is 0.305 e. The van der Waals surface area contributed by atoms with Gasteiger partial charge in [-0.15, -0.1) is 0 Å². The van der Waals surface area contributed by atoms with Gasteiger partial charge in [0.1, 0.15) is 11.6 Å². The van der Waals surface area contributed by atoms with Crippen molar-refractivity contribution >= 4 is 40.3 Å². The predicted molar refractivity (Wildman–Crippen MR) is 142 cm³/mol. The molecule has 2 heterocycles. The van der Waals surface area contributed by atoms with Crippen molar-refractivity contribution in [3.63, 3.8) is 0 Å². The third kappa shape index (κ3) is 7.38. The van der Waals surface area contributed by atoms with Gasteiger partial charge < -0.3 is 25.7 Å². The number of amides is 2. The Bertz CT molecular complexity index is 1370. The van der Waals surface area contributed by atoms with Gasteiger partial charge in [-0.2, -0.15) is 0 Å². The number of anilines is 2. The summed E-state index contributed by atoms with van der Waals surface area (Å²) in [5.74, 6) is 0.486. The van der Waals surface area contributed by atoms with E-state index in [-0.39, 0.29) is 11.9 Å². The minimum Gasteiger partial charge on any atom is -0.466 e. The number of rotatable bonds is 8. The Morgan fingerprint density at radius 2 is 1.73 bits per heavy atom. The molecule has 0 radical (unpaired) electrons. The normalized spacial score (nSPS) is 10.2. The lowest BCUT2D eigenvalue weighted by atomic mass is 10.2. The quantitative estimate of drug-likeness (QED) is 0.310. The highest BCUT2D eigenvalue weighted by Crippen LogP contribution is 2.19. The zero-order valence-corrected chi connectivity index (χ0v) is 21.0. The number of aromatic nitrogens is 3. The van der Waals surface area contributed by atoms with Crippen molar-refractivity contribution in [3.05, 3.63) is 83.8 Å². The van der Waals surface area contributed by atoms with Gasteiger partial charge in [-0.05, 0) is 61.5 Å². The van der Waals surface area contributed by atoms with Crippen LogP contribution in [0.3, 0.4) is 0 Å². The van der Waals surface area contributed by atoms with E-state index in [0.717, 1.165) is 22.5 Å². The van der Waals surface area contributed by atoms with Crippen LogP contribution in [0.4, 0.5) is 11.5 Å². The molecule has 0 bridgehead atoms. The van der Waals surface area contributed by atoms with Crippen LogP contribution in [0.1, 0.15) is 46.8 Å². The van der Waals surface area contributed by atoms with Gasteiger partial charge >= 0.3 is 5.97 Å². The number of nitrogens with zero attached hydrogens (tertiary/aromatic N) is 3. The highest BCUT2D eigenvalue weighted by atomic mass is 16.5. The van der Waals surface area contributed by atoms with E-state index >= 15 is 0 Å². The number of imidazole rings is 1. The van der Waals surface area contributed by atoms with Gasteiger partial charge in [-0.1, -0.05) is 13.0 Å². The summed E-state index contributed by atoms with van der Waals surface area (Å²) in [6.07, 6.45) is 2.10. The van der Waals surface area contributed by atoms with Gasteiger partial charge in [-0.3, -0.25) is 14.4 Å². The van der Waals surface area contributed by atoms with Crippen LogP contribution >= 0.6 is 0 Å². The molecule has 2 amide bonds. The zero-order chi connectivity index (χ0) is 26.8. The number of aryl methyl sites for hydroxylation is 1. The average Bonchev–Trinajstić information content (AvgIpc) is 3.23. The van der Waals surface area contributed by atoms with Crippen molar-refractivity contribution in [1.29, 1.82) is 0 Å². The molecule has 0 unspecified atom stereocenters. The second-order valence-electron chi connectivity index (χ2n) is 7.91. The van der Waals surface area contributed by atoms with Crippen molar-refractivity contribution in [2.75, 3.05) is 17.2 Å². The summed E-state index contributed by atoms with van der Waals surface area (Å²) >= 11 is 0. The van der Waals surface area contributed by atoms with Gasteiger partial charge in [0.25, 0.3) is 5.91 Å². The molecular weight excluding hydrogens is 472 g/mol. The number of benzene rings is 2. The molecule has 2 aromatic carbocycles. The number of carbonyl (C=O) groups is 3. The summed E-state index contributed by atoms with van der Waals surface area (Å²) in [5.41, 5.74) is 8.73. The second-order valence-corrected chi connectivity index (χ2v) is 7.91. The first-order chi connectivity index (χ1) is 17.8. The van der Waals surface area contributed by atoms with Crippen LogP contribution in [0.25, 0.3) is 11.0 Å². The molecular formula is C27H30N6O4. The summed E-state index contributed by atoms with van der Waals surface area (Å²) in [6.45, 7) is 4.55. The van der Waals surface area contributed by atoms with Crippen molar-refractivity contribution < 1.29 is 19.1 Å². The Morgan fingerprint density at radius 3 is 2.32 bits per heavy atom. The summed E-state index contributed by atoms with van der Waals surface area (Å²) < 4.78 is 6.52. The van der Waals surface area contributed by atoms with Crippen molar-refractivity contribution in [2.24, 2.45) is 12.8 Å². The van der Waals surface area contributed by atoms with Crippen LogP contribution in [-0.4, -0.2) is 38.9 Å². The van der Waals surface area contributed by atoms with E-state index in [9.17, 15) is 14.4 Å². The largest absolute Gasteiger partial charge is 0.466 e. The van der Waals surface area contributed by atoms with Gasteiger partial charge in [-0.25, -0.2) is 9.97 Å². The number of hydrogen-bond donors (Lipinski definition) is 3. The van der Waals surface area contributed by atoms with Gasteiger partial charge in [0, 0.05) is 36.5 Å². The SMILES string of the molecule is CCOC(=O)CC.Cn1c(CNc2ccc(C(N)=O)cc2)nc2cc(C(=O)Nc3ccccn3)ccc21. The standard InChI is InChI=1S/C22H20N6O2.C5H10O2/c1-28-18-10-7-15(22(30)27-19-4-2-3-11-24-19)12-17(18)26-20(28)13-25-16-8-5-14(6-9-16)21(23)29;1-3-5(6)7-4-2/h2-12,25H,13H2,1H3,(H2,23,29)(H,24,27,30);3-4H2,1-2H3. The van der Waals surface area contributed by atoms with E-state index < -0.39 is 5.91 Å². The Balaban J connectivity index is 0.000000479. The second kappa shape index (κ2) is 12.8. The van der Waals surface area contributed by atoms with Crippen LogP contribution in [0.15, 0.2) is 66.9 Å². The molecule has 4 aromatic rings. The molecule has 0 spiro atoms. The van der Waals surface area contributed by atoms with Crippen LogP contribution in [0.5, 0.6) is 0 Å². The number of pyridine rings is 1. The third-order valence-corrected chi connectivity index (χ3v) is 5.36. The minimum absolute atomic E-state index is 0.123. The summed E-state index contributed by atoms with van der Waals surface area (Å²) in [5, 5.41) is 6.05. The van der Waals surface area contributed by atoms with E-state index in [1.54, 1.807) is 68.6 Å². The maximum atomic E-state index is 12.5. The van der Waals surface area contributed by atoms with Crippen LogP contribution in [-0.2, 0) is 23.1 Å². The first-order valence-corrected chi connectivity index (χ1v) is 11.8. The fourth-order valence-electron chi connectivity index (χ4n) is 3.37. The number of fused-ring (bicyclic) bond motifs is 1. The lowest BCUT2D eigenvalue weighted by Gasteiger charge is -2.07. The number of nitrogens with two attached hydrogens (primary N) is 1. The Morgan fingerprint density at radius 1 is 1.00 bits per heavy atom. The fraction of sp³-hybridized carbons (Fsp3) is 0.222. The van der Waals surface area contributed by atoms with Crippen molar-refractivity contribution in [1.82, 2.24) is 14.5 Å². The molecule has 0 aliphatic heterocycles. The highest BCUT2D eigenvalue weighted by Gasteiger charge is 2.12. The maximum Gasteiger partial charge on any atom is 0.305 e. The molecule has 0 atom stereocenters. The van der Waals surface area contributed by atoms with Gasteiger partial charge in [0.15, 0.2) is 0 Å². The molecule has 0 aliphatic carbocycles. The Kier molecular flexibility index (Phi) is 9.31. The van der Waals surface area contributed by atoms with Crippen LogP contribution < -0.4 is 16.4 Å². The topological polar surface area (TPSA) is 141 Å². The van der Waals surface area contributed by atoms with Crippen LogP contribution in [0, 0.1) is 0 Å². The summed E-state index contributed by atoms with van der Waals surface area (Å²) in [4.78, 5) is 42.6. The molecule has 0 saturated carbocycles. The number of hydrogen-bond acceptors (Lipinski definition) is 7. The number of esters is 1. The third-order valence-electron chi connectivity index (χ3n) is 5.36. The van der Waals surface area contributed by atoms with Crippen molar-refractivity contribution in [2.45, 2.75) is 26.8 Å². The lowest BCUT2D eigenvalue weighted by Crippen LogP contribution is -2.12. The summed E-state index contributed by atoms with van der Waals surface area (Å²) in [7, 11) is 1.93. The number of primary amides is 1. The molecule has 192 valence electrons. The number of ether oxygens (including phenoxy) is 1. The van der Waals surface area contributed by atoms with E-state index in [4.69, 9.17) is 5.73 Å². The zero-order valence-electron chi connectivity index (χ0n) is 21.0. The van der Waals surface area contributed by atoms with Gasteiger partial charge in [0.2, 0.25) is 5.91 Å². The predicted octanol–water partition coefficient (Wildman–Crippen LogP) is 3.89. The molecule has 0 saturated heterocycles. The van der Waals surface area contributed by atoms with E-state index in [1.807, 2.05) is 23.7 Å². The Hall–Kier alpha value is -4.73.